The molecule has 4 heteroatoms. The quantitative estimate of drug-likeness (QED) is 0.789. The average Bonchev–Trinajstić information content (AvgIpc) is 2.46. The Morgan fingerprint density at radius 3 is 2.24 bits per heavy atom. The molecule has 3 nitrogen and oxygen atoms in total. The van der Waals surface area contributed by atoms with E-state index < -0.39 is 8.07 Å². The molecule has 0 aliphatic rings. The summed E-state index contributed by atoms with van der Waals surface area (Å²) >= 11 is 0. The van der Waals surface area contributed by atoms with Crippen molar-refractivity contribution >= 4 is 13.3 Å². The molecule has 0 saturated carbocycles. The SMILES string of the molecule is CCOc1nccc(-c2ccc(OC)cc2)c1[Si](C)(C)C. The van der Waals surface area contributed by atoms with E-state index in [1.165, 1.54) is 16.3 Å². The normalized spacial score (nSPS) is 11.3. The van der Waals surface area contributed by atoms with Gasteiger partial charge in [-0.1, -0.05) is 31.8 Å². The molecule has 0 radical (unpaired) electrons. The maximum absolute atomic E-state index is 5.77. The largest absolute Gasteiger partial charge is 0.497 e. The zero-order valence-corrected chi connectivity index (χ0v) is 14.4. The molecule has 0 unspecified atom stereocenters. The molecule has 2 rings (SSSR count). The Morgan fingerprint density at radius 2 is 1.71 bits per heavy atom. The van der Waals surface area contributed by atoms with E-state index in [9.17, 15) is 0 Å². The van der Waals surface area contributed by atoms with Crippen molar-refractivity contribution in [2.75, 3.05) is 13.7 Å². The fraction of sp³-hybridized carbons (Fsp3) is 0.353. The maximum atomic E-state index is 5.77. The highest BCUT2D eigenvalue weighted by Crippen LogP contribution is 2.26. The number of rotatable bonds is 5. The van der Waals surface area contributed by atoms with Crippen LogP contribution in [0.3, 0.4) is 0 Å². The summed E-state index contributed by atoms with van der Waals surface area (Å²) in [5.74, 6) is 1.65. The van der Waals surface area contributed by atoms with Crippen LogP contribution >= 0.6 is 0 Å². The molecule has 0 atom stereocenters. The van der Waals surface area contributed by atoms with Gasteiger partial charge in [-0.15, -0.1) is 0 Å². The summed E-state index contributed by atoms with van der Waals surface area (Å²) in [5.41, 5.74) is 2.40. The van der Waals surface area contributed by atoms with Crippen LogP contribution in [0.5, 0.6) is 11.6 Å². The van der Waals surface area contributed by atoms with E-state index in [4.69, 9.17) is 9.47 Å². The van der Waals surface area contributed by atoms with Crippen LogP contribution in [0.2, 0.25) is 19.6 Å². The zero-order valence-electron chi connectivity index (χ0n) is 13.4. The predicted octanol–water partition coefficient (Wildman–Crippen LogP) is 3.70. The third-order valence-corrected chi connectivity index (χ3v) is 5.33. The molecule has 0 amide bonds. The third kappa shape index (κ3) is 3.45. The van der Waals surface area contributed by atoms with Gasteiger partial charge in [0.25, 0.3) is 0 Å². The van der Waals surface area contributed by atoms with Crippen LogP contribution in [-0.2, 0) is 0 Å². The summed E-state index contributed by atoms with van der Waals surface area (Å²) in [7, 11) is 0.0996. The Bertz CT molecular complexity index is 603. The van der Waals surface area contributed by atoms with Crippen LogP contribution in [0.15, 0.2) is 36.5 Å². The minimum atomic E-state index is -1.58. The molecule has 1 aromatic heterocycles. The predicted molar refractivity (Wildman–Crippen MR) is 90.4 cm³/mol. The van der Waals surface area contributed by atoms with Gasteiger partial charge in [0.1, 0.15) is 5.75 Å². The molecule has 0 aliphatic heterocycles. The highest BCUT2D eigenvalue weighted by atomic mass is 28.3. The van der Waals surface area contributed by atoms with Crippen molar-refractivity contribution in [3.63, 3.8) is 0 Å². The van der Waals surface area contributed by atoms with Gasteiger partial charge in [-0.25, -0.2) is 4.98 Å². The minimum Gasteiger partial charge on any atom is -0.497 e. The van der Waals surface area contributed by atoms with Gasteiger partial charge in [-0.05, 0) is 36.2 Å². The smallest absolute Gasteiger partial charge is 0.212 e. The van der Waals surface area contributed by atoms with Gasteiger partial charge < -0.3 is 9.47 Å². The second-order valence-corrected chi connectivity index (χ2v) is 11.0. The van der Waals surface area contributed by atoms with Crippen molar-refractivity contribution in [2.45, 2.75) is 26.6 Å². The van der Waals surface area contributed by atoms with Crippen LogP contribution in [0, 0.1) is 0 Å². The fourth-order valence-electron chi connectivity index (χ4n) is 2.42. The van der Waals surface area contributed by atoms with Crippen LogP contribution in [0.25, 0.3) is 11.1 Å². The van der Waals surface area contributed by atoms with E-state index in [2.05, 4.69) is 42.8 Å². The molecule has 0 N–H and O–H groups in total. The van der Waals surface area contributed by atoms with E-state index in [0.29, 0.717) is 6.61 Å². The lowest BCUT2D eigenvalue weighted by molar-refractivity contribution is 0.330. The highest BCUT2D eigenvalue weighted by Gasteiger charge is 2.26. The van der Waals surface area contributed by atoms with Crippen molar-refractivity contribution in [3.05, 3.63) is 36.5 Å². The van der Waals surface area contributed by atoms with Crippen molar-refractivity contribution in [1.29, 1.82) is 0 Å². The van der Waals surface area contributed by atoms with E-state index in [0.717, 1.165) is 11.6 Å². The minimum absolute atomic E-state index is 0.635. The maximum Gasteiger partial charge on any atom is 0.212 e. The first-order valence-electron chi connectivity index (χ1n) is 7.24. The van der Waals surface area contributed by atoms with Gasteiger partial charge in [0.2, 0.25) is 5.88 Å². The lowest BCUT2D eigenvalue weighted by Crippen LogP contribution is -2.40. The van der Waals surface area contributed by atoms with Gasteiger partial charge in [0.15, 0.2) is 0 Å². The summed E-state index contributed by atoms with van der Waals surface area (Å²) in [5, 5.41) is 1.28. The first-order chi connectivity index (χ1) is 9.97. The molecule has 0 saturated heterocycles. The second kappa shape index (κ2) is 6.31. The van der Waals surface area contributed by atoms with Gasteiger partial charge in [-0.2, -0.15) is 0 Å². The van der Waals surface area contributed by atoms with Crippen LogP contribution in [0.1, 0.15) is 6.92 Å². The molecule has 1 heterocycles. The number of hydrogen-bond acceptors (Lipinski definition) is 3. The summed E-state index contributed by atoms with van der Waals surface area (Å²) in [4.78, 5) is 4.44. The molecular formula is C17H23NO2Si. The highest BCUT2D eigenvalue weighted by molar-refractivity contribution is 6.90. The Balaban J connectivity index is 2.58. The van der Waals surface area contributed by atoms with Crippen LogP contribution in [0.4, 0.5) is 0 Å². The van der Waals surface area contributed by atoms with Crippen molar-refractivity contribution in [1.82, 2.24) is 4.98 Å². The summed E-state index contributed by atoms with van der Waals surface area (Å²) in [6.07, 6.45) is 1.83. The monoisotopic (exact) mass is 301 g/mol. The first-order valence-corrected chi connectivity index (χ1v) is 10.7. The number of benzene rings is 1. The molecule has 112 valence electrons. The standard InChI is InChI=1S/C17H23NO2Si/c1-6-20-17-16(21(3,4)5)15(11-12-18-17)13-7-9-14(19-2)10-8-13/h7-12H,6H2,1-5H3. The van der Waals surface area contributed by atoms with Crippen molar-refractivity contribution in [2.24, 2.45) is 0 Å². The lowest BCUT2D eigenvalue weighted by Gasteiger charge is -2.23. The van der Waals surface area contributed by atoms with Crippen molar-refractivity contribution in [3.8, 4) is 22.8 Å². The topological polar surface area (TPSA) is 31.4 Å². The zero-order chi connectivity index (χ0) is 15.5. The van der Waals surface area contributed by atoms with E-state index in [-0.39, 0.29) is 0 Å². The van der Waals surface area contributed by atoms with Gasteiger partial charge in [0.05, 0.1) is 21.8 Å². The van der Waals surface area contributed by atoms with E-state index >= 15 is 0 Å². The lowest BCUT2D eigenvalue weighted by atomic mass is 10.1. The molecule has 0 bridgehead atoms. The second-order valence-electron chi connectivity index (χ2n) is 5.95. The molecule has 0 fully saturated rings. The van der Waals surface area contributed by atoms with Crippen molar-refractivity contribution < 1.29 is 9.47 Å². The number of nitrogens with zero attached hydrogens (tertiary/aromatic N) is 1. The molecule has 0 aliphatic carbocycles. The summed E-state index contributed by atoms with van der Waals surface area (Å²) in [6.45, 7) is 9.59. The fourth-order valence-corrected chi connectivity index (χ4v) is 4.24. The number of ether oxygens (including phenoxy) is 2. The number of methoxy groups -OCH3 is 1. The summed E-state index contributed by atoms with van der Waals surface area (Å²) < 4.78 is 11.0. The number of aromatic nitrogens is 1. The molecular weight excluding hydrogens is 278 g/mol. The number of hydrogen-bond donors (Lipinski definition) is 0. The van der Waals surface area contributed by atoms with Gasteiger partial charge in [-0.3, -0.25) is 0 Å². The molecule has 2 aromatic rings. The van der Waals surface area contributed by atoms with Gasteiger partial charge >= 0.3 is 0 Å². The Kier molecular flexibility index (Phi) is 4.68. The van der Waals surface area contributed by atoms with E-state index in [1.807, 2.05) is 25.3 Å². The molecule has 21 heavy (non-hydrogen) atoms. The average molecular weight is 301 g/mol. The molecule has 1 aromatic carbocycles. The van der Waals surface area contributed by atoms with Crippen LogP contribution in [-0.4, -0.2) is 26.8 Å². The van der Waals surface area contributed by atoms with Crippen LogP contribution < -0.4 is 14.7 Å². The Morgan fingerprint density at radius 1 is 1.05 bits per heavy atom. The Labute approximate surface area is 128 Å². The van der Waals surface area contributed by atoms with Gasteiger partial charge in [0, 0.05) is 11.4 Å². The number of pyridine rings is 1. The molecule has 0 spiro atoms. The third-order valence-electron chi connectivity index (χ3n) is 3.35. The summed E-state index contributed by atoms with van der Waals surface area (Å²) in [6, 6.07) is 10.2. The Hall–Kier alpha value is -1.81. The first kappa shape index (κ1) is 15.6. The van der Waals surface area contributed by atoms with E-state index in [1.54, 1.807) is 7.11 Å².